The zero-order valence-corrected chi connectivity index (χ0v) is 44.5. The van der Waals surface area contributed by atoms with Gasteiger partial charge in [0.1, 0.15) is 0 Å². The highest BCUT2D eigenvalue weighted by atomic mass is 32.2. The van der Waals surface area contributed by atoms with E-state index in [1.807, 2.05) is 11.8 Å². The highest BCUT2D eigenvalue weighted by Crippen LogP contribution is 2.49. The van der Waals surface area contributed by atoms with E-state index >= 15 is 0 Å². The van der Waals surface area contributed by atoms with Crippen LogP contribution in [0.3, 0.4) is 0 Å². The second kappa shape index (κ2) is 20.2. The van der Waals surface area contributed by atoms with E-state index in [0.29, 0.717) is 0 Å². The third-order valence-electron chi connectivity index (χ3n) is 15.8. The third kappa shape index (κ3) is 8.23. The molecule has 376 valence electrons. The maximum atomic E-state index is 4.06. The molecule has 0 unspecified atom stereocenters. The van der Waals surface area contributed by atoms with Gasteiger partial charge in [0.2, 0.25) is 13.4 Å². The minimum Gasteiger partial charge on any atom is -0.356 e. The highest BCUT2D eigenvalue weighted by Gasteiger charge is 2.45. The predicted octanol–water partition coefficient (Wildman–Crippen LogP) is 15.4. The molecule has 15 rings (SSSR count). The summed E-state index contributed by atoms with van der Waals surface area (Å²) in [6, 6.07) is 111. The molecule has 80 heavy (non-hydrogen) atoms. The summed E-state index contributed by atoms with van der Waals surface area (Å²) in [5, 5.41) is 4.06. The van der Waals surface area contributed by atoms with Gasteiger partial charge >= 0.3 is 0 Å². The van der Waals surface area contributed by atoms with Crippen LogP contribution in [-0.2, 0) is 0 Å². The number of fused-ring (bicyclic) bond motifs is 6. The number of nitrogens with one attached hydrogen (secondary N) is 1. The van der Waals surface area contributed by atoms with Gasteiger partial charge in [0, 0.05) is 83.7 Å². The minimum absolute atomic E-state index is 0.0637. The molecule has 0 saturated carbocycles. The number of benzene rings is 12. The first-order valence-corrected chi connectivity index (χ1v) is 28.2. The molecule has 0 spiro atoms. The molecule has 3 aliphatic rings. The summed E-state index contributed by atoms with van der Waals surface area (Å²) in [5.41, 5.74) is 22.8. The van der Waals surface area contributed by atoms with E-state index in [1.165, 1.54) is 48.3 Å². The predicted molar refractivity (Wildman–Crippen MR) is 341 cm³/mol. The molecule has 0 amide bonds. The minimum atomic E-state index is -0.180. The molecule has 1 N–H and O–H groups in total. The van der Waals surface area contributed by atoms with E-state index in [-0.39, 0.29) is 13.4 Å². The fourth-order valence-electron chi connectivity index (χ4n) is 12.5. The Kier molecular flexibility index (Phi) is 11.9. The Balaban J connectivity index is 1.05. The van der Waals surface area contributed by atoms with Crippen molar-refractivity contribution in [2.24, 2.45) is 0 Å². The number of anilines is 14. The van der Waals surface area contributed by atoms with Crippen LogP contribution in [0.2, 0.25) is 0 Å². The van der Waals surface area contributed by atoms with Gasteiger partial charge in [-0.3, -0.25) is 0 Å². The van der Waals surface area contributed by atoms with Crippen molar-refractivity contribution < 1.29 is 0 Å². The molecule has 0 atom stereocenters. The Morgan fingerprint density at radius 3 is 1.23 bits per heavy atom. The molecule has 0 saturated heterocycles. The summed E-state index contributed by atoms with van der Waals surface area (Å²) in [7, 11) is 0. The van der Waals surface area contributed by atoms with Crippen LogP contribution in [0.4, 0.5) is 79.6 Å². The average molecular weight is 1040 g/mol. The van der Waals surface area contributed by atoms with E-state index < -0.39 is 0 Å². The van der Waals surface area contributed by atoms with Crippen molar-refractivity contribution in [1.29, 1.82) is 0 Å². The first kappa shape index (κ1) is 47.3. The number of nitrogens with zero attached hydrogens (tertiary/aromatic N) is 4. The van der Waals surface area contributed by atoms with E-state index in [2.05, 4.69) is 328 Å². The largest absolute Gasteiger partial charge is 0.356 e. The van der Waals surface area contributed by atoms with Crippen molar-refractivity contribution in [3.05, 3.63) is 303 Å². The zero-order chi connectivity index (χ0) is 52.9. The maximum absolute atomic E-state index is 4.06. The van der Waals surface area contributed by atoms with Crippen molar-refractivity contribution in [3.8, 4) is 0 Å². The first-order chi connectivity index (χ1) is 39.7. The molecule has 0 radical (unpaired) electrons. The van der Waals surface area contributed by atoms with Gasteiger partial charge in [-0.1, -0.05) is 205 Å². The molecule has 3 aliphatic heterocycles. The van der Waals surface area contributed by atoms with E-state index in [4.69, 9.17) is 0 Å². The van der Waals surface area contributed by atoms with Gasteiger partial charge in [-0.25, -0.2) is 0 Å². The molecule has 8 heteroatoms. The Bertz CT molecular complexity index is 4120. The lowest BCUT2D eigenvalue weighted by molar-refractivity contribution is 1.22. The van der Waals surface area contributed by atoms with Crippen LogP contribution in [0.5, 0.6) is 0 Å². The average Bonchev–Trinajstić information content (AvgIpc) is 3.54. The van der Waals surface area contributed by atoms with Crippen LogP contribution < -0.4 is 57.7 Å². The van der Waals surface area contributed by atoms with Crippen LogP contribution in [-0.4, -0.2) is 13.4 Å². The zero-order valence-electron chi connectivity index (χ0n) is 43.7. The molecule has 12 aromatic carbocycles. The van der Waals surface area contributed by atoms with E-state index in [9.17, 15) is 0 Å². The molecule has 5 nitrogen and oxygen atoms in total. The van der Waals surface area contributed by atoms with Gasteiger partial charge in [0.05, 0.1) is 5.69 Å². The molecular formula is C72H51B2N5S. The van der Waals surface area contributed by atoms with Gasteiger partial charge in [-0.15, -0.1) is 0 Å². The van der Waals surface area contributed by atoms with Crippen molar-refractivity contribution >= 4 is 138 Å². The summed E-state index contributed by atoms with van der Waals surface area (Å²) in [5.74, 6) is 0. The molecule has 0 aromatic heterocycles. The van der Waals surface area contributed by atoms with Crippen molar-refractivity contribution in [3.63, 3.8) is 0 Å². The Hall–Kier alpha value is -9.88. The van der Waals surface area contributed by atoms with Gasteiger partial charge in [-0.05, 0) is 143 Å². The molecule has 12 aromatic rings. The van der Waals surface area contributed by atoms with Crippen molar-refractivity contribution in [1.82, 2.24) is 0 Å². The van der Waals surface area contributed by atoms with Crippen LogP contribution in [0.25, 0.3) is 0 Å². The fraction of sp³-hybridized carbons (Fsp3) is 0. The fourth-order valence-corrected chi connectivity index (χ4v) is 13.7. The second-order valence-corrected chi connectivity index (χ2v) is 21.6. The van der Waals surface area contributed by atoms with Gasteiger partial charge < -0.3 is 24.9 Å². The maximum Gasteiger partial charge on any atom is 0.249 e. The quantitative estimate of drug-likeness (QED) is 0.130. The summed E-state index contributed by atoms with van der Waals surface area (Å²) in [6.45, 7) is -0.244. The smallest absolute Gasteiger partial charge is 0.249 e. The summed E-state index contributed by atoms with van der Waals surface area (Å²) < 4.78 is 0. The first-order valence-electron chi connectivity index (χ1n) is 27.4. The highest BCUT2D eigenvalue weighted by molar-refractivity contribution is 8.00. The Morgan fingerprint density at radius 1 is 0.300 bits per heavy atom. The molecule has 3 heterocycles. The van der Waals surface area contributed by atoms with Crippen LogP contribution >= 0.6 is 11.8 Å². The van der Waals surface area contributed by atoms with Crippen molar-refractivity contribution in [2.75, 3.05) is 24.9 Å². The summed E-state index contributed by atoms with van der Waals surface area (Å²) in [6.07, 6.45) is 0. The third-order valence-corrected chi connectivity index (χ3v) is 17.0. The molecule has 0 bridgehead atoms. The Labute approximate surface area is 472 Å². The van der Waals surface area contributed by atoms with Crippen LogP contribution in [0, 0.1) is 0 Å². The Morgan fingerprint density at radius 2 is 0.713 bits per heavy atom. The SMILES string of the molecule is c1ccc(Nc2cc(N(c3ccccc3)c3ccccc3)cc3c2B(c2ccccc2)c2cc4c(cc2N3c2ccccc2)N(c2ccccc2)c2cc(N(c3ccccc3)c3ccccc3)cc3c2B4c2ccccc2S3)cc1. The van der Waals surface area contributed by atoms with Crippen molar-refractivity contribution in [2.45, 2.75) is 9.79 Å². The molecule has 0 aliphatic carbocycles. The summed E-state index contributed by atoms with van der Waals surface area (Å²) in [4.78, 5) is 12.4. The lowest BCUT2D eigenvalue weighted by Crippen LogP contribution is -2.63. The molecular weight excluding hydrogens is 989 g/mol. The monoisotopic (exact) mass is 1040 g/mol. The molecule has 0 fully saturated rings. The van der Waals surface area contributed by atoms with Crippen LogP contribution in [0.15, 0.2) is 313 Å². The number of hydrogen-bond acceptors (Lipinski definition) is 6. The van der Waals surface area contributed by atoms with E-state index in [1.54, 1.807) is 0 Å². The number of hydrogen-bond donors (Lipinski definition) is 1. The van der Waals surface area contributed by atoms with Gasteiger partial charge in [-0.2, -0.15) is 0 Å². The topological polar surface area (TPSA) is 25.0 Å². The number of para-hydroxylation sites is 7. The second-order valence-electron chi connectivity index (χ2n) is 20.5. The van der Waals surface area contributed by atoms with Gasteiger partial charge in [0.25, 0.3) is 0 Å². The standard InChI is InChI=1S/C72H51B2N5S/c1-9-27-51(28-10-1)73-62-49-63-66(79(58-41-23-8-24-42-58)68-47-60(48-70-72(68)74(63)61-43-25-26-44-69(61)80-70)77(55-35-17-5-18-36-55)56-37-19-6-20-38-56)50-65(62)78(57-39-21-7-22-40-57)67-46-59(45-64(71(67)73)75-52-29-11-2-12-30-52)76(53-31-13-3-14-32-53)54-33-15-4-16-34-54/h1-50,75H. The van der Waals surface area contributed by atoms with Gasteiger partial charge in [0.15, 0.2) is 0 Å². The number of rotatable bonds is 11. The van der Waals surface area contributed by atoms with Crippen LogP contribution in [0.1, 0.15) is 0 Å². The lowest BCUT2D eigenvalue weighted by Gasteiger charge is -2.44. The van der Waals surface area contributed by atoms with E-state index in [0.717, 1.165) is 73.9 Å². The summed E-state index contributed by atoms with van der Waals surface area (Å²) >= 11 is 1.89. The lowest BCUT2D eigenvalue weighted by atomic mass is 9.31. The normalized spacial score (nSPS) is 12.6.